The molecule has 1 N–H and O–H groups in total. The van der Waals surface area contributed by atoms with Crippen molar-refractivity contribution in [1.82, 2.24) is 20.2 Å². The highest BCUT2D eigenvalue weighted by molar-refractivity contribution is 7.99. The van der Waals surface area contributed by atoms with Crippen molar-refractivity contribution >= 4 is 34.4 Å². The molecule has 0 unspecified atom stereocenters. The number of halogens is 1. The van der Waals surface area contributed by atoms with Crippen molar-refractivity contribution in [2.45, 2.75) is 25.3 Å². The predicted molar refractivity (Wildman–Crippen MR) is 66.9 cm³/mol. The van der Waals surface area contributed by atoms with Crippen LogP contribution < -0.4 is 0 Å². The Morgan fingerprint density at radius 1 is 1.44 bits per heavy atom. The number of H-pyrrole nitrogens is 1. The number of thioether (sulfide) groups is 1. The summed E-state index contributed by atoms with van der Waals surface area (Å²) in [5.41, 5.74) is 0.701. The number of aromatic nitrogens is 4. The van der Waals surface area contributed by atoms with Crippen LogP contribution in [0.2, 0.25) is 5.28 Å². The highest BCUT2D eigenvalue weighted by atomic mass is 35.5. The maximum atomic E-state index is 5.84. The summed E-state index contributed by atoms with van der Waals surface area (Å²) >= 11 is 7.54. The largest absolute Gasteiger partial charge is 0.261 e. The minimum Gasteiger partial charge on any atom is -0.261 e. The van der Waals surface area contributed by atoms with Gasteiger partial charge in [-0.15, -0.1) is 11.8 Å². The van der Waals surface area contributed by atoms with E-state index in [1.165, 1.54) is 0 Å². The van der Waals surface area contributed by atoms with Crippen LogP contribution in [0.1, 0.15) is 20.3 Å². The molecule has 0 aromatic carbocycles. The Labute approximate surface area is 103 Å². The van der Waals surface area contributed by atoms with Gasteiger partial charge in [0.05, 0.1) is 11.6 Å². The Hall–Kier alpha value is -0.810. The van der Waals surface area contributed by atoms with Gasteiger partial charge in [0.15, 0.2) is 5.65 Å². The van der Waals surface area contributed by atoms with Crippen molar-refractivity contribution in [1.29, 1.82) is 0 Å². The molecule has 0 atom stereocenters. The molecule has 0 radical (unpaired) electrons. The highest BCUT2D eigenvalue weighted by Gasteiger charge is 2.08. The second-order valence-corrected chi connectivity index (χ2v) is 5.38. The second-order valence-electron chi connectivity index (χ2n) is 3.96. The molecule has 2 rings (SSSR count). The molecule has 16 heavy (non-hydrogen) atoms. The molecule has 0 aliphatic carbocycles. The van der Waals surface area contributed by atoms with E-state index in [-0.39, 0.29) is 5.28 Å². The number of rotatable bonds is 4. The number of hydrogen-bond acceptors (Lipinski definition) is 4. The molecule has 2 aromatic heterocycles. The highest BCUT2D eigenvalue weighted by Crippen LogP contribution is 2.26. The van der Waals surface area contributed by atoms with Gasteiger partial charge in [-0.3, -0.25) is 5.10 Å². The number of fused-ring (bicyclic) bond motifs is 1. The zero-order valence-corrected chi connectivity index (χ0v) is 10.8. The average molecular weight is 257 g/mol. The Balaban J connectivity index is 2.19. The molecule has 0 aliphatic rings. The van der Waals surface area contributed by atoms with Gasteiger partial charge in [0.25, 0.3) is 0 Å². The van der Waals surface area contributed by atoms with E-state index in [1.54, 1.807) is 18.0 Å². The maximum Gasteiger partial charge on any atom is 0.225 e. The van der Waals surface area contributed by atoms with Gasteiger partial charge in [0.2, 0.25) is 5.28 Å². The topological polar surface area (TPSA) is 54.5 Å². The zero-order valence-electron chi connectivity index (χ0n) is 9.20. The van der Waals surface area contributed by atoms with Gasteiger partial charge in [-0.05, 0) is 29.7 Å². The summed E-state index contributed by atoms with van der Waals surface area (Å²) in [4.78, 5) is 8.29. The summed E-state index contributed by atoms with van der Waals surface area (Å²) in [6.45, 7) is 4.42. The molecule has 2 aromatic rings. The summed E-state index contributed by atoms with van der Waals surface area (Å²) in [5.74, 6) is 1.73. The summed E-state index contributed by atoms with van der Waals surface area (Å²) in [7, 11) is 0. The molecule has 4 nitrogen and oxygen atoms in total. The molecule has 0 bridgehead atoms. The third kappa shape index (κ3) is 2.65. The minimum atomic E-state index is 0.267. The Morgan fingerprint density at radius 3 is 3.00 bits per heavy atom. The van der Waals surface area contributed by atoms with Crippen LogP contribution >= 0.6 is 23.4 Å². The van der Waals surface area contributed by atoms with Crippen LogP contribution in [0, 0.1) is 5.92 Å². The molecule has 86 valence electrons. The first-order valence-corrected chi connectivity index (χ1v) is 6.52. The van der Waals surface area contributed by atoms with Gasteiger partial charge >= 0.3 is 0 Å². The molecule has 0 aliphatic heterocycles. The Kier molecular flexibility index (Phi) is 3.66. The van der Waals surface area contributed by atoms with Crippen molar-refractivity contribution in [3.05, 3.63) is 11.5 Å². The first-order chi connectivity index (χ1) is 7.66. The molecule has 0 fully saturated rings. The quantitative estimate of drug-likeness (QED) is 0.519. The maximum absolute atomic E-state index is 5.84. The van der Waals surface area contributed by atoms with Crippen LogP contribution in [0.25, 0.3) is 11.0 Å². The molecule has 2 heterocycles. The molecule has 0 amide bonds. The van der Waals surface area contributed by atoms with E-state index < -0.39 is 0 Å². The lowest BCUT2D eigenvalue weighted by Gasteiger charge is -2.04. The van der Waals surface area contributed by atoms with Crippen molar-refractivity contribution < 1.29 is 0 Å². The lowest BCUT2D eigenvalue weighted by molar-refractivity contribution is 0.632. The minimum absolute atomic E-state index is 0.267. The van der Waals surface area contributed by atoms with Crippen LogP contribution in [-0.2, 0) is 0 Å². The third-order valence-electron chi connectivity index (χ3n) is 2.18. The van der Waals surface area contributed by atoms with Gasteiger partial charge in [-0.1, -0.05) is 13.8 Å². The van der Waals surface area contributed by atoms with Crippen LogP contribution in [0.4, 0.5) is 0 Å². The smallest absolute Gasteiger partial charge is 0.225 e. The van der Waals surface area contributed by atoms with Gasteiger partial charge in [-0.2, -0.15) is 10.1 Å². The number of aromatic amines is 1. The van der Waals surface area contributed by atoms with Crippen molar-refractivity contribution in [2.24, 2.45) is 5.92 Å². The van der Waals surface area contributed by atoms with E-state index in [1.807, 2.05) is 0 Å². The summed E-state index contributed by atoms with van der Waals surface area (Å²) in [6, 6.07) is 0. The van der Waals surface area contributed by atoms with E-state index in [4.69, 9.17) is 11.6 Å². The summed E-state index contributed by atoms with van der Waals surface area (Å²) in [6.07, 6.45) is 2.90. The molecular formula is C10H13ClN4S. The summed E-state index contributed by atoms with van der Waals surface area (Å²) in [5, 5.41) is 8.86. The van der Waals surface area contributed by atoms with E-state index in [0.717, 1.165) is 22.6 Å². The lowest BCUT2D eigenvalue weighted by atomic mass is 10.2. The third-order valence-corrected chi connectivity index (χ3v) is 3.37. The molecule has 0 saturated carbocycles. The molecule has 0 saturated heterocycles. The average Bonchev–Trinajstić information content (AvgIpc) is 2.64. The van der Waals surface area contributed by atoms with Gasteiger partial charge in [-0.25, -0.2) is 4.98 Å². The standard InChI is InChI=1S/C10H13ClN4S/c1-6(2)3-4-16-9-7-5-12-15-8(7)13-10(11)14-9/h5-6H,3-4H2,1-2H3,(H,12,13,14,15). The van der Waals surface area contributed by atoms with Crippen LogP contribution in [-0.4, -0.2) is 25.9 Å². The first-order valence-electron chi connectivity index (χ1n) is 5.16. The monoisotopic (exact) mass is 256 g/mol. The fraction of sp³-hybridized carbons (Fsp3) is 0.500. The van der Waals surface area contributed by atoms with Crippen molar-refractivity contribution in [3.8, 4) is 0 Å². The Morgan fingerprint density at radius 2 is 2.25 bits per heavy atom. The van der Waals surface area contributed by atoms with E-state index in [9.17, 15) is 0 Å². The van der Waals surface area contributed by atoms with Gasteiger partial charge in [0.1, 0.15) is 5.03 Å². The second kappa shape index (κ2) is 5.01. The van der Waals surface area contributed by atoms with Crippen LogP contribution in [0.15, 0.2) is 11.2 Å². The predicted octanol–water partition coefficient (Wildman–Crippen LogP) is 3.14. The number of nitrogens with zero attached hydrogens (tertiary/aromatic N) is 3. The zero-order chi connectivity index (χ0) is 11.5. The van der Waals surface area contributed by atoms with E-state index >= 15 is 0 Å². The molecule has 6 heteroatoms. The Bertz CT molecular complexity index is 483. The van der Waals surface area contributed by atoms with E-state index in [2.05, 4.69) is 34.0 Å². The fourth-order valence-electron chi connectivity index (χ4n) is 1.28. The first kappa shape index (κ1) is 11.7. The normalized spacial score (nSPS) is 11.5. The lowest BCUT2D eigenvalue weighted by Crippen LogP contribution is -1.92. The van der Waals surface area contributed by atoms with Crippen molar-refractivity contribution in [2.75, 3.05) is 5.75 Å². The van der Waals surface area contributed by atoms with Gasteiger partial charge in [0, 0.05) is 0 Å². The molecular weight excluding hydrogens is 244 g/mol. The summed E-state index contributed by atoms with van der Waals surface area (Å²) < 4.78 is 0. The SMILES string of the molecule is CC(C)CCSc1nc(Cl)nc2[nH]ncc12. The fourth-order valence-corrected chi connectivity index (χ4v) is 2.74. The van der Waals surface area contributed by atoms with Crippen LogP contribution in [0.5, 0.6) is 0 Å². The molecule has 0 spiro atoms. The van der Waals surface area contributed by atoms with E-state index in [0.29, 0.717) is 11.6 Å². The van der Waals surface area contributed by atoms with Crippen molar-refractivity contribution in [3.63, 3.8) is 0 Å². The van der Waals surface area contributed by atoms with Gasteiger partial charge < -0.3 is 0 Å². The number of hydrogen-bond donors (Lipinski definition) is 1. The number of nitrogens with one attached hydrogen (secondary N) is 1. The van der Waals surface area contributed by atoms with Crippen LogP contribution in [0.3, 0.4) is 0 Å².